The molecule has 0 radical (unpaired) electrons. The quantitative estimate of drug-likeness (QED) is 0.758. The third-order valence-electron chi connectivity index (χ3n) is 5.08. The molecule has 138 valence electrons. The molecule has 4 heterocycles. The fourth-order valence-corrected chi connectivity index (χ4v) is 3.67. The van der Waals surface area contributed by atoms with Gasteiger partial charge in [-0.05, 0) is 25.7 Å². The fraction of sp³-hybridized carbons (Fsp3) is 0.526. The van der Waals surface area contributed by atoms with Gasteiger partial charge >= 0.3 is 0 Å². The van der Waals surface area contributed by atoms with Crippen molar-refractivity contribution in [2.75, 3.05) is 26.2 Å². The van der Waals surface area contributed by atoms with Crippen molar-refractivity contribution in [3.05, 3.63) is 35.3 Å². The van der Waals surface area contributed by atoms with E-state index in [2.05, 4.69) is 10.3 Å². The molecule has 1 fully saturated rings. The van der Waals surface area contributed by atoms with E-state index in [1.807, 2.05) is 22.1 Å². The second kappa shape index (κ2) is 7.35. The van der Waals surface area contributed by atoms with Gasteiger partial charge in [0.2, 0.25) is 5.91 Å². The molecule has 0 bridgehead atoms. The van der Waals surface area contributed by atoms with Crippen molar-refractivity contribution in [3.63, 3.8) is 0 Å². The third kappa shape index (κ3) is 3.38. The summed E-state index contributed by atoms with van der Waals surface area (Å²) >= 11 is 0. The van der Waals surface area contributed by atoms with Gasteiger partial charge in [-0.15, -0.1) is 0 Å². The van der Waals surface area contributed by atoms with E-state index < -0.39 is 0 Å². The predicted molar refractivity (Wildman–Crippen MR) is 96.8 cm³/mol. The van der Waals surface area contributed by atoms with E-state index in [4.69, 9.17) is 4.74 Å². The van der Waals surface area contributed by atoms with Gasteiger partial charge in [-0.1, -0.05) is 0 Å². The minimum atomic E-state index is 0.0518. The van der Waals surface area contributed by atoms with Crippen molar-refractivity contribution >= 4 is 17.9 Å². The highest BCUT2D eigenvalue weighted by molar-refractivity contribution is 6.05. The molecule has 0 atom stereocenters. The van der Waals surface area contributed by atoms with Gasteiger partial charge in [0, 0.05) is 44.4 Å². The number of allylic oxidation sites excluding steroid dienone is 2. The van der Waals surface area contributed by atoms with E-state index in [0.717, 1.165) is 37.4 Å². The van der Waals surface area contributed by atoms with Gasteiger partial charge in [0.25, 0.3) is 0 Å². The lowest BCUT2D eigenvalue weighted by atomic mass is 10.1. The zero-order valence-corrected chi connectivity index (χ0v) is 14.9. The van der Waals surface area contributed by atoms with E-state index in [1.54, 1.807) is 6.21 Å². The van der Waals surface area contributed by atoms with E-state index in [9.17, 15) is 9.59 Å². The molecule has 0 aromatic rings. The Morgan fingerprint density at radius 3 is 2.96 bits per heavy atom. The summed E-state index contributed by atoms with van der Waals surface area (Å²) in [5.74, 6) is 1.79. The first-order valence-corrected chi connectivity index (χ1v) is 9.38. The molecule has 26 heavy (non-hydrogen) atoms. The number of nitrogens with zero attached hydrogens (tertiary/aromatic N) is 3. The number of piperidine rings is 1. The van der Waals surface area contributed by atoms with Gasteiger partial charge in [0.15, 0.2) is 11.6 Å². The van der Waals surface area contributed by atoms with Crippen molar-refractivity contribution in [1.29, 1.82) is 0 Å². The summed E-state index contributed by atoms with van der Waals surface area (Å²) in [5.41, 5.74) is 1.49. The normalized spacial score (nSPS) is 21.8. The number of hydrogen-bond donors (Lipinski definition) is 1. The first kappa shape index (κ1) is 16.9. The van der Waals surface area contributed by atoms with E-state index in [1.165, 1.54) is 6.42 Å². The molecule has 1 N–H and O–H groups in total. The monoisotopic (exact) mass is 356 g/mol. The summed E-state index contributed by atoms with van der Waals surface area (Å²) in [6, 6.07) is 0. The number of amides is 1. The van der Waals surface area contributed by atoms with Crippen LogP contribution in [0.1, 0.15) is 38.5 Å². The Bertz CT molecular complexity index is 729. The minimum absolute atomic E-state index is 0.0518. The van der Waals surface area contributed by atoms with Crippen molar-refractivity contribution in [2.45, 2.75) is 38.5 Å². The molecule has 7 heteroatoms. The van der Waals surface area contributed by atoms with Crippen LogP contribution < -0.4 is 5.32 Å². The number of hydrogen-bond acceptors (Lipinski definition) is 6. The molecule has 4 rings (SSSR count). The number of carbonyl (C=O) groups excluding carboxylic acids is 2. The van der Waals surface area contributed by atoms with Gasteiger partial charge in [0.05, 0.1) is 18.8 Å². The van der Waals surface area contributed by atoms with Crippen LogP contribution in [0.5, 0.6) is 0 Å². The molecule has 1 saturated heterocycles. The summed E-state index contributed by atoms with van der Waals surface area (Å²) in [6.45, 7) is 2.89. The highest BCUT2D eigenvalue weighted by Gasteiger charge is 2.31. The molecule has 0 saturated carbocycles. The molecule has 1 amide bonds. The smallest absolute Gasteiger partial charge is 0.222 e. The minimum Gasteiger partial charge on any atom is -0.496 e. The van der Waals surface area contributed by atoms with Gasteiger partial charge in [0.1, 0.15) is 11.5 Å². The second-order valence-electron chi connectivity index (χ2n) is 6.94. The van der Waals surface area contributed by atoms with Crippen LogP contribution in [0.2, 0.25) is 0 Å². The Hall–Kier alpha value is -2.57. The van der Waals surface area contributed by atoms with Crippen molar-refractivity contribution < 1.29 is 14.3 Å². The molecule has 4 aliphatic rings. The number of likely N-dealkylation sites (tertiary alicyclic amines) is 1. The van der Waals surface area contributed by atoms with Crippen LogP contribution in [0.15, 0.2) is 40.2 Å². The summed E-state index contributed by atoms with van der Waals surface area (Å²) < 4.78 is 5.86. The van der Waals surface area contributed by atoms with Gasteiger partial charge < -0.3 is 19.9 Å². The number of fused-ring (bicyclic) bond motifs is 2. The maximum absolute atomic E-state index is 12.2. The van der Waals surface area contributed by atoms with Crippen LogP contribution in [-0.2, 0) is 14.3 Å². The van der Waals surface area contributed by atoms with E-state index >= 15 is 0 Å². The zero-order chi connectivity index (χ0) is 17.9. The van der Waals surface area contributed by atoms with Gasteiger partial charge in [-0.25, -0.2) is 4.99 Å². The van der Waals surface area contributed by atoms with Crippen molar-refractivity contribution in [1.82, 2.24) is 15.1 Å². The van der Waals surface area contributed by atoms with Gasteiger partial charge in [-0.3, -0.25) is 9.59 Å². The molecule has 0 unspecified atom stereocenters. The summed E-state index contributed by atoms with van der Waals surface area (Å²) in [7, 11) is 0. The zero-order valence-electron chi connectivity index (χ0n) is 14.9. The predicted octanol–water partition coefficient (Wildman–Crippen LogP) is 1.65. The molecule has 7 nitrogen and oxygen atoms in total. The third-order valence-corrected chi connectivity index (χ3v) is 5.08. The summed E-state index contributed by atoms with van der Waals surface area (Å²) in [6.07, 6.45) is 10.5. The number of rotatable bonds is 5. The van der Waals surface area contributed by atoms with Crippen LogP contribution in [0.4, 0.5) is 0 Å². The summed E-state index contributed by atoms with van der Waals surface area (Å²) in [4.78, 5) is 32.4. The van der Waals surface area contributed by atoms with Crippen LogP contribution in [-0.4, -0.2) is 53.9 Å². The molecule has 0 spiro atoms. The SMILES string of the molecule is O=C1CC=NC2=C1NC=C1C=C(OCCCC(=O)N3CCCCC3)CN12. The molecule has 0 aromatic carbocycles. The Kier molecular flexibility index (Phi) is 4.77. The van der Waals surface area contributed by atoms with E-state index in [0.29, 0.717) is 43.9 Å². The lowest BCUT2D eigenvalue weighted by Gasteiger charge is -2.28. The topological polar surface area (TPSA) is 74.2 Å². The van der Waals surface area contributed by atoms with Crippen molar-refractivity contribution in [2.24, 2.45) is 4.99 Å². The van der Waals surface area contributed by atoms with E-state index in [-0.39, 0.29) is 11.7 Å². The number of ether oxygens (including phenoxy) is 1. The highest BCUT2D eigenvalue weighted by atomic mass is 16.5. The Morgan fingerprint density at radius 1 is 1.27 bits per heavy atom. The van der Waals surface area contributed by atoms with Crippen LogP contribution >= 0.6 is 0 Å². The maximum atomic E-state index is 12.2. The second-order valence-corrected chi connectivity index (χ2v) is 6.94. The van der Waals surface area contributed by atoms with Crippen LogP contribution in [0.25, 0.3) is 0 Å². The van der Waals surface area contributed by atoms with Crippen LogP contribution in [0.3, 0.4) is 0 Å². The summed E-state index contributed by atoms with van der Waals surface area (Å²) in [5, 5.41) is 3.04. The fourth-order valence-electron chi connectivity index (χ4n) is 3.67. The van der Waals surface area contributed by atoms with Crippen LogP contribution in [0, 0.1) is 0 Å². The first-order chi connectivity index (χ1) is 12.7. The Labute approximate surface area is 153 Å². The lowest BCUT2D eigenvalue weighted by Crippen LogP contribution is -2.35. The maximum Gasteiger partial charge on any atom is 0.222 e. The lowest BCUT2D eigenvalue weighted by molar-refractivity contribution is -0.132. The number of aliphatic imine (C=N–C) groups is 1. The van der Waals surface area contributed by atoms with Gasteiger partial charge in [-0.2, -0.15) is 0 Å². The molecular formula is C19H24N4O3. The Balaban J connectivity index is 1.25. The largest absolute Gasteiger partial charge is 0.496 e. The average Bonchev–Trinajstić information content (AvgIpc) is 3.09. The number of ketones is 1. The Morgan fingerprint density at radius 2 is 2.12 bits per heavy atom. The standard InChI is InChI=1S/C19H24N4O3/c24-16-6-7-20-19-18(16)21-12-14-11-15(13-23(14)19)26-10-4-5-17(25)22-8-2-1-3-9-22/h7,11-12,21H,1-6,8-10,13H2. The number of nitrogens with one attached hydrogen (secondary N) is 1. The molecule has 0 aromatic heterocycles. The highest BCUT2D eigenvalue weighted by Crippen LogP contribution is 2.31. The average molecular weight is 356 g/mol. The first-order valence-electron chi connectivity index (χ1n) is 9.38. The van der Waals surface area contributed by atoms with Crippen molar-refractivity contribution in [3.8, 4) is 0 Å². The molecule has 4 aliphatic heterocycles. The molecule has 0 aliphatic carbocycles. The number of carbonyl (C=O) groups is 2. The molecular weight excluding hydrogens is 332 g/mol. The number of Topliss-reactive ketones (excluding diaryl/α,β-unsaturated/α-hetero) is 1.